The first-order valence-corrected chi connectivity index (χ1v) is 16.5. The normalized spacial score (nSPS) is 16.4. The lowest BCUT2D eigenvalue weighted by atomic mass is 9.96. The first kappa shape index (κ1) is 39.3. The Morgan fingerprint density at radius 3 is 2.30 bits per heavy atom. The molecule has 2 aromatic rings. The van der Waals surface area contributed by atoms with Gasteiger partial charge in [-0.1, -0.05) is 62.7 Å². The van der Waals surface area contributed by atoms with Crippen molar-refractivity contribution in [1.82, 2.24) is 20.4 Å². The highest BCUT2D eigenvalue weighted by Crippen LogP contribution is 2.23. The number of carboxylic acids is 2. The second-order valence-electron chi connectivity index (χ2n) is 11.4. The van der Waals surface area contributed by atoms with Crippen molar-refractivity contribution in [3.05, 3.63) is 48.0 Å². The van der Waals surface area contributed by atoms with Gasteiger partial charge in [-0.05, 0) is 47.1 Å². The van der Waals surface area contributed by atoms with E-state index in [0.717, 1.165) is 22.8 Å². The Morgan fingerprint density at radius 2 is 1.74 bits per heavy atom. The summed E-state index contributed by atoms with van der Waals surface area (Å²) in [6.07, 6.45) is -1.21. The molecule has 0 saturated carbocycles. The number of hydrogen-bond donors (Lipinski definition) is 4. The lowest BCUT2D eigenvalue weighted by Gasteiger charge is -2.38. The quantitative estimate of drug-likeness (QED) is 0.220. The van der Waals surface area contributed by atoms with E-state index in [1.165, 1.54) is 11.8 Å². The Labute approximate surface area is 276 Å². The number of rotatable bonds is 15. The van der Waals surface area contributed by atoms with Crippen molar-refractivity contribution in [3.63, 3.8) is 0 Å². The number of fused-ring (bicyclic) bond motifs is 1. The van der Waals surface area contributed by atoms with E-state index in [0.29, 0.717) is 38.1 Å². The van der Waals surface area contributed by atoms with Crippen LogP contribution in [-0.2, 0) is 30.5 Å². The van der Waals surface area contributed by atoms with Gasteiger partial charge in [-0.3, -0.25) is 19.3 Å². The van der Waals surface area contributed by atoms with Gasteiger partial charge < -0.3 is 25.7 Å². The fourth-order valence-electron chi connectivity index (χ4n) is 5.22. The average Bonchev–Trinajstić information content (AvgIpc) is 3.46. The molecule has 1 fully saturated rings. The Kier molecular flexibility index (Phi) is 15.5. The van der Waals surface area contributed by atoms with E-state index >= 15 is 0 Å². The zero-order valence-corrected chi connectivity index (χ0v) is 27.7. The number of amides is 3. The van der Waals surface area contributed by atoms with Crippen molar-refractivity contribution in [2.24, 2.45) is 5.92 Å². The topological polar surface area (TPSA) is 156 Å². The van der Waals surface area contributed by atoms with Crippen LogP contribution in [0.15, 0.2) is 42.5 Å². The van der Waals surface area contributed by atoms with Gasteiger partial charge in [0.2, 0.25) is 17.7 Å². The van der Waals surface area contributed by atoms with Crippen LogP contribution in [0, 0.1) is 5.92 Å². The van der Waals surface area contributed by atoms with Gasteiger partial charge in [-0.15, -0.1) is 0 Å². The van der Waals surface area contributed by atoms with Gasteiger partial charge in [0.05, 0.1) is 6.54 Å². The van der Waals surface area contributed by atoms with Crippen LogP contribution in [0.25, 0.3) is 10.8 Å². The monoisotopic (exact) mass is 684 g/mol. The van der Waals surface area contributed by atoms with Gasteiger partial charge in [-0.25, -0.2) is 9.59 Å². The largest absolute Gasteiger partial charge is 0.490 e. The smallest absolute Gasteiger partial charge is 0.480 e. The number of halogens is 3. The lowest BCUT2D eigenvalue weighted by Crippen LogP contribution is -2.54. The van der Waals surface area contributed by atoms with E-state index in [-0.39, 0.29) is 36.2 Å². The summed E-state index contributed by atoms with van der Waals surface area (Å²) in [4.78, 5) is 62.7. The van der Waals surface area contributed by atoms with Crippen molar-refractivity contribution < 1.29 is 47.4 Å². The second kappa shape index (κ2) is 18.5. The summed E-state index contributed by atoms with van der Waals surface area (Å²) in [5, 5.41) is 24.4. The molecule has 2 aromatic carbocycles. The number of hydrogen-bond acceptors (Lipinski definition) is 7. The highest BCUT2D eigenvalue weighted by molar-refractivity contribution is 7.98. The van der Waals surface area contributed by atoms with E-state index in [4.69, 9.17) is 9.90 Å². The number of carbonyl (C=O) groups excluding carboxylic acids is 3. The molecule has 0 bridgehead atoms. The van der Waals surface area contributed by atoms with Crippen LogP contribution >= 0.6 is 11.8 Å². The third-order valence-corrected chi connectivity index (χ3v) is 8.66. The molecular formula is C32H43F3N4O7S. The summed E-state index contributed by atoms with van der Waals surface area (Å²) in [5.74, 6) is -3.68. The molecule has 0 aliphatic carbocycles. The third-order valence-electron chi connectivity index (χ3n) is 8.01. The summed E-state index contributed by atoms with van der Waals surface area (Å²) >= 11 is 1.53. The highest BCUT2D eigenvalue weighted by Gasteiger charge is 2.38. The van der Waals surface area contributed by atoms with E-state index in [9.17, 15) is 37.5 Å². The minimum Gasteiger partial charge on any atom is -0.480 e. The molecule has 15 heteroatoms. The Balaban J connectivity index is 0.000000984. The number of benzene rings is 2. The number of thioether (sulfide) groups is 1. The van der Waals surface area contributed by atoms with E-state index in [2.05, 4.69) is 30.5 Å². The molecule has 0 aromatic heterocycles. The molecule has 1 aliphatic rings. The number of aliphatic carboxylic acids is 2. The van der Waals surface area contributed by atoms with Crippen LogP contribution in [0.2, 0.25) is 0 Å². The zero-order valence-electron chi connectivity index (χ0n) is 26.9. The maximum Gasteiger partial charge on any atom is 0.490 e. The third kappa shape index (κ3) is 12.4. The first-order valence-electron chi connectivity index (χ1n) is 15.1. The maximum atomic E-state index is 13.4. The van der Waals surface area contributed by atoms with Crippen LogP contribution in [0.3, 0.4) is 0 Å². The van der Waals surface area contributed by atoms with Gasteiger partial charge in [0.15, 0.2) is 0 Å². The number of alkyl halides is 3. The van der Waals surface area contributed by atoms with Crippen molar-refractivity contribution >= 4 is 52.2 Å². The van der Waals surface area contributed by atoms with Gasteiger partial charge in [0.1, 0.15) is 12.1 Å². The summed E-state index contributed by atoms with van der Waals surface area (Å²) in [6.45, 7) is 5.00. The molecule has 1 saturated heterocycles. The number of nitrogens with one attached hydrogen (secondary N) is 2. The number of carboxylic acid groups (broad SMARTS) is 2. The molecule has 4 atom stereocenters. The Morgan fingerprint density at radius 1 is 1.11 bits per heavy atom. The number of carbonyl (C=O) groups is 5. The first-order chi connectivity index (χ1) is 22.1. The summed E-state index contributed by atoms with van der Waals surface area (Å²) < 4.78 is 31.7. The van der Waals surface area contributed by atoms with Crippen molar-refractivity contribution in [2.45, 2.75) is 70.4 Å². The van der Waals surface area contributed by atoms with Crippen molar-refractivity contribution in [2.75, 3.05) is 32.1 Å². The summed E-state index contributed by atoms with van der Waals surface area (Å²) in [5.41, 5.74) is 1.04. The average molecular weight is 685 g/mol. The molecule has 1 heterocycles. The molecule has 47 heavy (non-hydrogen) atoms. The highest BCUT2D eigenvalue weighted by atomic mass is 32.2. The Hall–Kier alpha value is -3.85. The molecule has 260 valence electrons. The molecule has 1 aliphatic heterocycles. The van der Waals surface area contributed by atoms with Crippen LogP contribution in [0.5, 0.6) is 0 Å². The Bertz CT molecular complexity index is 1390. The van der Waals surface area contributed by atoms with Crippen molar-refractivity contribution in [1.29, 1.82) is 0 Å². The minimum absolute atomic E-state index is 0.0125. The van der Waals surface area contributed by atoms with Crippen LogP contribution in [0.4, 0.5) is 13.2 Å². The SMILES string of the molecule is CC[C@H](C)[C@@H](CN(CC(=O)N[C@@H](CCSC)C(=O)O)Cc1cccc2ccccc12)N(C)C(=O)[C@@H]1CCC(=O)N1.O=C(O)C(F)(F)F. The lowest BCUT2D eigenvalue weighted by molar-refractivity contribution is -0.192. The summed E-state index contributed by atoms with van der Waals surface area (Å²) in [6, 6.07) is 12.4. The van der Waals surface area contributed by atoms with Crippen LogP contribution < -0.4 is 10.6 Å². The molecule has 4 N–H and O–H groups in total. The molecule has 0 spiro atoms. The predicted octanol–water partition coefficient (Wildman–Crippen LogP) is 3.75. The van der Waals surface area contributed by atoms with Gasteiger partial charge >= 0.3 is 18.1 Å². The van der Waals surface area contributed by atoms with Crippen LogP contribution in [-0.4, -0.2) is 106 Å². The molecule has 3 rings (SSSR count). The van der Waals surface area contributed by atoms with Gasteiger partial charge in [0, 0.05) is 32.6 Å². The van der Waals surface area contributed by atoms with E-state index in [1.54, 1.807) is 11.9 Å². The molecule has 0 radical (unpaired) electrons. The molecule has 0 unspecified atom stereocenters. The molecule has 3 amide bonds. The van der Waals surface area contributed by atoms with Crippen LogP contribution in [0.1, 0.15) is 45.1 Å². The molecular weight excluding hydrogens is 641 g/mol. The fraction of sp³-hybridized carbons (Fsp3) is 0.531. The minimum atomic E-state index is -5.08. The van der Waals surface area contributed by atoms with E-state index < -0.39 is 30.2 Å². The second-order valence-corrected chi connectivity index (χ2v) is 12.4. The van der Waals surface area contributed by atoms with Crippen molar-refractivity contribution in [3.8, 4) is 0 Å². The zero-order chi connectivity index (χ0) is 35.3. The standard InChI is InChI=1S/C30H42N4O5S.C2HF3O2/c1-5-20(2)26(33(3)29(37)24-13-14-27(35)31-24)18-34(19-28(36)32-25(30(38)39)15-16-40-4)17-22-11-8-10-21-9-6-7-12-23(21)22;3-2(4,5)1(6)7/h6-12,20,24-26H,5,13-19H2,1-4H3,(H,31,35)(H,32,36)(H,38,39);(H,6,7)/t20-,24-,25-,26+;/m0./s1. The maximum absolute atomic E-state index is 13.4. The number of likely N-dealkylation sites (N-methyl/N-ethyl adjacent to an activating group) is 1. The predicted molar refractivity (Wildman–Crippen MR) is 173 cm³/mol. The van der Waals surface area contributed by atoms with E-state index in [1.807, 2.05) is 47.6 Å². The fourth-order valence-corrected chi connectivity index (χ4v) is 5.69. The molecule has 11 nitrogen and oxygen atoms in total. The van der Waals surface area contributed by atoms with Gasteiger partial charge in [-0.2, -0.15) is 24.9 Å². The summed E-state index contributed by atoms with van der Waals surface area (Å²) in [7, 11) is 1.77. The van der Waals surface area contributed by atoms with Gasteiger partial charge in [0.25, 0.3) is 0 Å². The number of nitrogens with zero attached hydrogens (tertiary/aromatic N) is 2.